The predicted octanol–water partition coefficient (Wildman–Crippen LogP) is 6.05. The molecule has 0 bridgehead atoms. The van der Waals surface area contributed by atoms with Gasteiger partial charge in [-0.15, -0.1) is 0 Å². The molecule has 1 aromatic heterocycles. The molecule has 0 aliphatic rings. The van der Waals surface area contributed by atoms with Gasteiger partial charge in [0.2, 0.25) is 0 Å². The van der Waals surface area contributed by atoms with Crippen LogP contribution in [0.25, 0.3) is 23.1 Å². The highest BCUT2D eigenvalue weighted by molar-refractivity contribution is 8.00. The van der Waals surface area contributed by atoms with E-state index in [-0.39, 0.29) is 11.3 Å². The number of thioether (sulfide) groups is 1. The number of hydrogen-bond acceptors (Lipinski definition) is 4. The molecular formula is C24H16F2N2OS. The van der Waals surface area contributed by atoms with Crippen molar-refractivity contribution in [1.82, 2.24) is 9.97 Å². The second kappa shape index (κ2) is 8.97. The molecule has 1 heterocycles. The lowest BCUT2D eigenvalue weighted by Gasteiger charge is -2.07. The first kappa shape index (κ1) is 19.9. The molecule has 30 heavy (non-hydrogen) atoms. The molecule has 6 heteroatoms. The summed E-state index contributed by atoms with van der Waals surface area (Å²) < 4.78 is 27.3. The lowest BCUT2D eigenvalue weighted by molar-refractivity contribution is 0.101. The summed E-state index contributed by atoms with van der Waals surface area (Å²) in [6, 6.07) is 20.1. The monoisotopic (exact) mass is 418 g/mol. The Labute approximate surface area is 176 Å². The minimum atomic E-state index is -0.735. The SMILES string of the molecule is O=C(CSc1nc(/C=C/c2ccccc2)nc2ccccc12)c1cc(F)ccc1F. The van der Waals surface area contributed by atoms with Crippen LogP contribution in [0.15, 0.2) is 77.8 Å². The van der Waals surface area contributed by atoms with Crippen molar-refractivity contribution in [2.24, 2.45) is 0 Å². The van der Waals surface area contributed by atoms with Crippen molar-refractivity contribution >= 4 is 40.6 Å². The van der Waals surface area contributed by atoms with Gasteiger partial charge in [-0.3, -0.25) is 4.79 Å². The molecule has 4 rings (SSSR count). The molecule has 0 aliphatic carbocycles. The Balaban J connectivity index is 1.62. The number of para-hydroxylation sites is 1. The Kier molecular flexibility index (Phi) is 5.95. The van der Waals surface area contributed by atoms with E-state index < -0.39 is 17.4 Å². The summed E-state index contributed by atoms with van der Waals surface area (Å²) in [6.45, 7) is 0. The van der Waals surface area contributed by atoms with E-state index in [2.05, 4.69) is 9.97 Å². The fourth-order valence-corrected chi connectivity index (χ4v) is 3.82. The normalized spacial score (nSPS) is 11.3. The number of halogens is 2. The molecule has 0 unspecified atom stereocenters. The molecular weight excluding hydrogens is 402 g/mol. The molecule has 0 N–H and O–H groups in total. The van der Waals surface area contributed by atoms with Crippen LogP contribution in [0.2, 0.25) is 0 Å². The number of carbonyl (C=O) groups excluding carboxylic acids is 1. The summed E-state index contributed by atoms with van der Waals surface area (Å²) in [5, 5.41) is 1.41. The van der Waals surface area contributed by atoms with E-state index in [9.17, 15) is 13.6 Å². The van der Waals surface area contributed by atoms with Gasteiger partial charge in [0.25, 0.3) is 0 Å². The molecule has 0 fully saturated rings. The van der Waals surface area contributed by atoms with Crippen molar-refractivity contribution in [1.29, 1.82) is 0 Å². The number of fused-ring (bicyclic) bond motifs is 1. The first-order valence-electron chi connectivity index (χ1n) is 9.21. The highest BCUT2D eigenvalue weighted by Gasteiger charge is 2.15. The molecule has 3 aromatic carbocycles. The van der Waals surface area contributed by atoms with Crippen LogP contribution in [-0.2, 0) is 0 Å². The van der Waals surface area contributed by atoms with Crippen molar-refractivity contribution in [3.8, 4) is 0 Å². The van der Waals surface area contributed by atoms with Gasteiger partial charge in [-0.1, -0.05) is 66.4 Å². The van der Waals surface area contributed by atoms with Gasteiger partial charge in [0, 0.05) is 5.39 Å². The van der Waals surface area contributed by atoms with Crippen LogP contribution in [0.3, 0.4) is 0 Å². The van der Waals surface area contributed by atoms with Gasteiger partial charge < -0.3 is 0 Å². The number of hydrogen-bond donors (Lipinski definition) is 0. The Bertz CT molecular complexity index is 1240. The third-order valence-electron chi connectivity index (χ3n) is 4.38. The van der Waals surface area contributed by atoms with Gasteiger partial charge in [-0.05, 0) is 35.9 Å². The number of carbonyl (C=O) groups is 1. The van der Waals surface area contributed by atoms with E-state index >= 15 is 0 Å². The van der Waals surface area contributed by atoms with Crippen LogP contribution in [0.5, 0.6) is 0 Å². The molecule has 4 aromatic rings. The van der Waals surface area contributed by atoms with E-state index in [1.165, 1.54) is 11.8 Å². The van der Waals surface area contributed by atoms with Crippen molar-refractivity contribution in [2.45, 2.75) is 5.03 Å². The van der Waals surface area contributed by atoms with Crippen LogP contribution < -0.4 is 0 Å². The lowest BCUT2D eigenvalue weighted by atomic mass is 10.1. The zero-order valence-electron chi connectivity index (χ0n) is 15.8. The highest BCUT2D eigenvalue weighted by atomic mass is 32.2. The highest BCUT2D eigenvalue weighted by Crippen LogP contribution is 2.27. The molecule has 148 valence electrons. The first-order chi connectivity index (χ1) is 14.6. The maximum atomic E-state index is 13.9. The number of rotatable bonds is 6. The maximum absolute atomic E-state index is 13.9. The minimum Gasteiger partial charge on any atom is -0.293 e. The molecule has 0 aliphatic heterocycles. The zero-order chi connectivity index (χ0) is 20.9. The van der Waals surface area contributed by atoms with Crippen molar-refractivity contribution in [3.63, 3.8) is 0 Å². The quantitative estimate of drug-likeness (QED) is 0.217. The summed E-state index contributed by atoms with van der Waals surface area (Å²) in [7, 11) is 0. The smallest absolute Gasteiger partial charge is 0.176 e. The van der Waals surface area contributed by atoms with Crippen LogP contribution in [0.4, 0.5) is 8.78 Å². The van der Waals surface area contributed by atoms with E-state index in [0.29, 0.717) is 10.9 Å². The summed E-state index contributed by atoms with van der Waals surface area (Å²) in [5.74, 6) is -1.44. The second-order valence-corrected chi connectivity index (χ2v) is 7.45. The lowest BCUT2D eigenvalue weighted by Crippen LogP contribution is -2.06. The van der Waals surface area contributed by atoms with Gasteiger partial charge in [0.15, 0.2) is 11.6 Å². The summed E-state index contributed by atoms with van der Waals surface area (Å²) in [5.41, 5.74) is 1.50. The van der Waals surface area contributed by atoms with Gasteiger partial charge in [0.1, 0.15) is 16.7 Å². The largest absolute Gasteiger partial charge is 0.293 e. The summed E-state index contributed by atoms with van der Waals surface area (Å²) in [4.78, 5) is 21.6. The zero-order valence-corrected chi connectivity index (χ0v) is 16.6. The number of nitrogens with zero attached hydrogens (tertiary/aromatic N) is 2. The number of benzene rings is 3. The van der Waals surface area contributed by atoms with Gasteiger partial charge in [-0.2, -0.15) is 0 Å². The van der Waals surface area contributed by atoms with Gasteiger partial charge in [0.05, 0.1) is 16.8 Å². The molecule has 0 amide bonds. The second-order valence-electron chi connectivity index (χ2n) is 6.48. The maximum Gasteiger partial charge on any atom is 0.176 e. The topological polar surface area (TPSA) is 42.9 Å². The third-order valence-corrected chi connectivity index (χ3v) is 5.37. The van der Waals surface area contributed by atoms with E-state index in [4.69, 9.17) is 0 Å². The minimum absolute atomic E-state index is 0.0662. The summed E-state index contributed by atoms with van der Waals surface area (Å²) >= 11 is 1.18. The Morgan fingerprint density at radius 2 is 1.67 bits per heavy atom. The predicted molar refractivity (Wildman–Crippen MR) is 116 cm³/mol. The number of aromatic nitrogens is 2. The van der Waals surface area contributed by atoms with E-state index in [0.717, 1.165) is 34.7 Å². The molecule has 0 radical (unpaired) electrons. The Morgan fingerprint density at radius 1 is 0.900 bits per heavy atom. The average molecular weight is 418 g/mol. The van der Waals surface area contributed by atoms with Crippen molar-refractivity contribution in [3.05, 3.63) is 101 Å². The van der Waals surface area contributed by atoms with Gasteiger partial charge in [-0.25, -0.2) is 18.7 Å². The molecule has 0 saturated carbocycles. The molecule has 3 nitrogen and oxygen atoms in total. The van der Waals surface area contributed by atoms with Crippen LogP contribution in [0.1, 0.15) is 21.7 Å². The van der Waals surface area contributed by atoms with Crippen LogP contribution >= 0.6 is 11.8 Å². The van der Waals surface area contributed by atoms with E-state index in [1.807, 2.05) is 60.7 Å². The molecule has 0 saturated heterocycles. The Morgan fingerprint density at radius 3 is 2.50 bits per heavy atom. The average Bonchev–Trinajstić information content (AvgIpc) is 2.78. The number of ketones is 1. The van der Waals surface area contributed by atoms with Crippen LogP contribution in [-0.4, -0.2) is 21.5 Å². The fraction of sp³-hybridized carbons (Fsp3) is 0.0417. The first-order valence-corrected chi connectivity index (χ1v) is 10.2. The van der Waals surface area contributed by atoms with E-state index in [1.54, 1.807) is 6.08 Å². The van der Waals surface area contributed by atoms with Gasteiger partial charge >= 0.3 is 0 Å². The Hall–Kier alpha value is -3.38. The number of Topliss-reactive ketones (excluding diaryl/α,β-unsaturated/α-hetero) is 1. The van der Waals surface area contributed by atoms with Crippen molar-refractivity contribution < 1.29 is 13.6 Å². The van der Waals surface area contributed by atoms with Crippen molar-refractivity contribution in [2.75, 3.05) is 5.75 Å². The standard InChI is InChI=1S/C24H16F2N2OS/c25-17-11-12-20(26)19(14-17)22(29)15-30-24-18-8-4-5-9-21(18)27-23(28-24)13-10-16-6-2-1-3-7-16/h1-14H,15H2/b13-10+. The summed E-state index contributed by atoms with van der Waals surface area (Å²) in [6.07, 6.45) is 3.71. The molecule has 0 spiro atoms. The third kappa shape index (κ3) is 4.60. The van der Waals surface area contributed by atoms with Crippen LogP contribution in [0, 0.1) is 11.6 Å². The molecule has 0 atom stereocenters. The fourth-order valence-electron chi connectivity index (χ4n) is 2.91.